The highest BCUT2D eigenvalue weighted by Crippen LogP contribution is 2.31. The van der Waals surface area contributed by atoms with Crippen LogP contribution in [0.15, 0.2) is 40.8 Å². The molecule has 1 N–H and O–H groups in total. The Hall–Kier alpha value is -3.20. The molecule has 0 fully saturated rings. The summed E-state index contributed by atoms with van der Waals surface area (Å²) in [7, 11) is 1.12. The highest BCUT2D eigenvalue weighted by Gasteiger charge is 2.23. The summed E-state index contributed by atoms with van der Waals surface area (Å²) in [5.41, 5.74) is 0.834. The molecule has 0 radical (unpaired) electrons. The molecule has 0 aliphatic carbocycles. The zero-order chi connectivity index (χ0) is 18.7. The van der Waals surface area contributed by atoms with E-state index in [1.165, 1.54) is 24.3 Å². The van der Waals surface area contributed by atoms with Crippen LogP contribution in [0.3, 0.4) is 0 Å². The number of alkyl carbamates (subject to hydrolysis) is 1. The third-order valence-electron chi connectivity index (χ3n) is 3.38. The molecule has 2 aromatic heterocycles. The van der Waals surface area contributed by atoms with Crippen molar-refractivity contribution in [3.05, 3.63) is 42.2 Å². The van der Waals surface area contributed by atoms with Gasteiger partial charge < -0.3 is 13.9 Å². The third-order valence-corrected chi connectivity index (χ3v) is 4.43. The van der Waals surface area contributed by atoms with Crippen LogP contribution in [0.2, 0.25) is 0 Å². The first-order chi connectivity index (χ1) is 12.5. The van der Waals surface area contributed by atoms with E-state index in [0.29, 0.717) is 10.8 Å². The van der Waals surface area contributed by atoms with E-state index in [0.717, 1.165) is 17.3 Å². The Morgan fingerprint density at radius 3 is 2.69 bits per heavy atom. The smallest absolute Gasteiger partial charge is 0.413 e. The molecule has 0 aliphatic heterocycles. The lowest BCUT2D eigenvalue weighted by molar-refractivity contribution is -0.128. The number of rotatable bonds is 4. The number of thiazole rings is 1. The van der Waals surface area contributed by atoms with Crippen LogP contribution in [-0.2, 0) is 14.3 Å². The maximum Gasteiger partial charge on any atom is 0.413 e. The summed E-state index contributed by atoms with van der Waals surface area (Å²) in [6, 6.07) is 10.7. The summed E-state index contributed by atoms with van der Waals surface area (Å²) in [6.07, 6.45) is -2.13. The molecular weight excluding hydrogens is 360 g/mol. The van der Waals surface area contributed by atoms with Gasteiger partial charge in [0.15, 0.2) is 16.9 Å². The number of para-hydroxylation sites is 1. The summed E-state index contributed by atoms with van der Waals surface area (Å²) in [4.78, 5) is 39.2. The Balaban J connectivity index is 1.69. The van der Waals surface area contributed by atoms with Crippen molar-refractivity contribution in [2.24, 2.45) is 0 Å². The largest absolute Gasteiger partial charge is 0.453 e. The van der Waals surface area contributed by atoms with Crippen LogP contribution in [-0.4, -0.2) is 36.2 Å². The van der Waals surface area contributed by atoms with Crippen molar-refractivity contribution in [3.63, 3.8) is 0 Å². The summed E-state index contributed by atoms with van der Waals surface area (Å²) < 4.78 is 15.8. The van der Waals surface area contributed by atoms with Crippen molar-refractivity contribution >= 4 is 39.5 Å². The molecule has 0 aliphatic rings. The summed E-state index contributed by atoms with van der Waals surface area (Å²) in [6.45, 7) is 1.33. The van der Waals surface area contributed by atoms with Gasteiger partial charge in [-0.05, 0) is 31.2 Å². The summed E-state index contributed by atoms with van der Waals surface area (Å²) >= 11 is 1.43. The average Bonchev–Trinajstić information content (AvgIpc) is 3.27. The number of imide groups is 1. The van der Waals surface area contributed by atoms with E-state index in [1.54, 1.807) is 6.07 Å². The Morgan fingerprint density at radius 1 is 1.19 bits per heavy atom. The number of aromatic nitrogens is 1. The number of ether oxygens (including phenoxy) is 2. The van der Waals surface area contributed by atoms with Crippen molar-refractivity contribution in [1.82, 2.24) is 10.3 Å². The monoisotopic (exact) mass is 374 g/mol. The number of benzene rings is 1. The molecule has 0 spiro atoms. The van der Waals surface area contributed by atoms with Gasteiger partial charge >= 0.3 is 12.1 Å². The molecule has 2 amide bonds. The van der Waals surface area contributed by atoms with E-state index in [4.69, 9.17) is 9.15 Å². The number of carbonyl (C=O) groups excluding carboxylic acids is 3. The fourth-order valence-corrected chi connectivity index (χ4v) is 2.99. The minimum absolute atomic E-state index is 0.0722. The lowest BCUT2D eigenvalue weighted by atomic mass is 10.3. The first-order valence-electron chi connectivity index (χ1n) is 7.53. The van der Waals surface area contributed by atoms with Gasteiger partial charge in [0.2, 0.25) is 5.76 Å². The van der Waals surface area contributed by atoms with Crippen molar-refractivity contribution in [3.8, 4) is 10.8 Å². The number of carbonyl (C=O) groups is 3. The fourth-order valence-electron chi connectivity index (χ4n) is 2.07. The Bertz CT molecular complexity index is 943. The molecule has 0 saturated heterocycles. The van der Waals surface area contributed by atoms with Crippen LogP contribution in [0.25, 0.3) is 21.0 Å². The molecule has 3 rings (SSSR count). The highest BCUT2D eigenvalue weighted by molar-refractivity contribution is 7.21. The minimum atomic E-state index is -1.20. The number of nitrogens with one attached hydrogen (secondary N) is 1. The molecular formula is C17H14N2O6S. The van der Waals surface area contributed by atoms with Gasteiger partial charge in [-0.25, -0.2) is 14.6 Å². The van der Waals surface area contributed by atoms with Gasteiger partial charge in [0.25, 0.3) is 5.91 Å². The van der Waals surface area contributed by atoms with Crippen LogP contribution >= 0.6 is 11.3 Å². The topological polar surface area (TPSA) is 108 Å². The number of furan rings is 1. The van der Waals surface area contributed by atoms with Gasteiger partial charge in [-0.1, -0.05) is 12.1 Å². The van der Waals surface area contributed by atoms with Crippen LogP contribution in [0.1, 0.15) is 17.5 Å². The molecule has 1 atom stereocenters. The lowest BCUT2D eigenvalue weighted by Gasteiger charge is -2.11. The van der Waals surface area contributed by atoms with Crippen molar-refractivity contribution in [1.29, 1.82) is 0 Å². The first kappa shape index (κ1) is 17.6. The van der Waals surface area contributed by atoms with Gasteiger partial charge in [0.1, 0.15) is 0 Å². The number of esters is 1. The van der Waals surface area contributed by atoms with Crippen LogP contribution in [0.5, 0.6) is 0 Å². The van der Waals surface area contributed by atoms with E-state index in [9.17, 15) is 14.4 Å². The van der Waals surface area contributed by atoms with Gasteiger partial charge in [0, 0.05) is 0 Å². The number of fused-ring (bicyclic) bond motifs is 1. The molecule has 0 saturated carbocycles. The zero-order valence-electron chi connectivity index (χ0n) is 13.8. The molecule has 3 aromatic rings. The van der Waals surface area contributed by atoms with Gasteiger partial charge in [0.05, 0.1) is 17.3 Å². The molecule has 1 aromatic carbocycles. The SMILES string of the molecule is COC(=O)NC(=O)[C@H](C)OC(=O)c1ccc(-c2nc3ccccc3s2)o1. The Kier molecular flexibility index (Phi) is 4.99. The van der Waals surface area contributed by atoms with E-state index >= 15 is 0 Å². The van der Waals surface area contributed by atoms with E-state index in [-0.39, 0.29) is 5.76 Å². The Morgan fingerprint density at radius 2 is 1.96 bits per heavy atom. The maximum atomic E-state index is 12.1. The quantitative estimate of drug-likeness (QED) is 0.699. The second-order valence-corrected chi connectivity index (χ2v) is 6.21. The number of nitrogens with zero attached hydrogens (tertiary/aromatic N) is 1. The summed E-state index contributed by atoms with van der Waals surface area (Å²) in [5, 5.41) is 2.54. The zero-order valence-corrected chi connectivity index (χ0v) is 14.7. The third kappa shape index (κ3) is 3.72. The minimum Gasteiger partial charge on any atom is -0.453 e. The van der Waals surface area contributed by atoms with Gasteiger partial charge in [-0.15, -0.1) is 11.3 Å². The predicted octanol–water partition coefficient (Wildman–Crippen LogP) is 2.98. The van der Waals surface area contributed by atoms with Crippen LogP contribution < -0.4 is 5.32 Å². The average molecular weight is 374 g/mol. The lowest BCUT2D eigenvalue weighted by Crippen LogP contribution is -2.39. The number of hydrogen-bond acceptors (Lipinski definition) is 8. The molecule has 26 heavy (non-hydrogen) atoms. The molecule has 8 nitrogen and oxygen atoms in total. The van der Waals surface area contributed by atoms with Gasteiger partial charge in [-0.2, -0.15) is 0 Å². The van der Waals surface area contributed by atoms with Crippen molar-refractivity contribution in [2.75, 3.05) is 7.11 Å². The normalized spacial score (nSPS) is 11.8. The second kappa shape index (κ2) is 7.36. The second-order valence-electron chi connectivity index (χ2n) is 5.18. The molecule has 2 heterocycles. The van der Waals surface area contributed by atoms with E-state index < -0.39 is 24.1 Å². The number of amides is 2. The number of hydrogen-bond donors (Lipinski definition) is 1. The molecule has 0 bridgehead atoms. The predicted molar refractivity (Wildman–Crippen MR) is 92.7 cm³/mol. The first-order valence-corrected chi connectivity index (χ1v) is 8.35. The van der Waals surface area contributed by atoms with Gasteiger partial charge in [-0.3, -0.25) is 10.1 Å². The molecule has 9 heteroatoms. The molecule has 134 valence electrons. The standard InChI is InChI=1S/C17H14N2O6S/c1-9(14(20)19-17(22)23-2)24-16(21)12-8-7-11(25-12)15-18-10-5-3-4-6-13(10)26-15/h3-9H,1-2H3,(H,19,20,22)/t9-/m0/s1. The summed E-state index contributed by atoms with van der Waals surface area (Å²) in [5.74, 6) is -1.28. The molecule has 0 unspecified atom stereocenters. The van der Waals surface area contributed by atoms with E-state index in [2.05, 4.69) is 9.72 Å². The Labute approximate surface area is 151 Å². The van der Waals surface area contributed by atoms with Crippen LogP contribution in [0.4, 0.5) is 4.79 Å². The van der Waals surface area contributed by atoms with Crippen molar-refractivity contribution in [2.45, 2.75) is 13.0 Å². The van der Waals surface area contributed by atoms with Crippen molar-refractivity contribution < 1.29 is 28.3 Å². The van der Waals surface area contributed by atoms with E-state index in [1.807, 2.05) is 29.6 Å². The maximum absolute atomic E-state index is 12.1. The highest BCUT2D eigenvalue weighted by atomic mass is 32.1. The number of methoxy groups -OCH3 is 1. The van der Waals surface area contributed by atoms with Crippen LogP contribution in [0, 0.1) is 0 Å². The fraction of sp³-hybridized carbons (Fsp3) is 0.176.